The SMILES string of the molecule is COc1c(Cl)cc([C@@H](NC(=O)OC(C)(C)C)C(=O)O)cc1Cl. The van der Waals surface area contributed by atoms with E-state index in [9.17, 15) is 14.7 Å². The van der Waals surface area contributed by atoms with Crippen LogP contribution >= 0.6 is 23.2 Å². The van der Waals surface area contributed by atoms with Crippen LogP contribution in [-0.2, 0) is 9.53 Å². The van der Waals surface area contributed by atoms with Crippen molar-refractivity contribution in [1.82, 2.24) is 5.32 Å². The van der Waals surface area contributed by atoms with Gasteiger partial charge in [-0.2, -0.15) is 0 Å². The van der Waals surface area contributed by atoms with Gasteiger partial charge in [-0.25, -0.2) is 9.59 Å². The van der Waals surface area contributed by atoms with Crippen LogP contribution in [0.25, 0.3) is 0 Å². The molecule has 22 heavy (non-hydrogen) atoms. The standard InChI is InChI=1S/C14H17Cl2NO5/c1-14(2,3)22-13(20)17-10(12(18)19)7-5-8(15)11(21-4)9(16)6-7/h5-6,10H,1-4H3,(H,17,20)(H,18,19)/t10-/m1/s1. The molecule has 122 valence electrons. The molecule has 0 aliphatic heterocycles. The molecule has 0 unspecified atom stereocenters. The Morgan fingerprint density at radius 3 is 2.09 bits per heavy atom. The molecule has 1 aromatic carbocycles. The van der Waals surface area contributed by atoms with E-state index < -0.39 is 23.7 Å². The number of carbonyl (C=O) groups excluding carboxylic acids is 1. The molecule has 2 N–H and O–H groups in total. The maximum absolute atomic E-state index is 11.8. The number of carbonyl (C=O) groups is 2. The fourth-order valence-corrected chi connectivity index (χ4v) is 2.31. The van der Waals surface area contributed by atoms with E-state index in [0.29, 0.717) is 0 Å². The highest BCUT2D eigenvalue weighted by Crippen LogP contribution is 2.35. The molecule has 8 heteroatoms. The quantitative estimate of drug-likeness (QED) is 0.866. The van der Waals surface area contributed by atoms with Crippen molar-refractivity contribution >= 4 is 35.3 Å². The van der Waals surface area contributed by atoms with E-state index in [1.807, 2.05) is 0 Å². The van der Waals surface area contributed by atoms with E-state index in [1.165, 1.54) is 19.2 Å². The number of halogens is 2. The summed E-state index contributed by atoms with van der Waals surface area (Å²) in [4.78, 5) is 23.1. The van der Waals surface area contributed by atoms with Gasteiger partial charge in [-0.1, -0.05) is 23.2 Å². The Bertz CT molecular complexity index is 560. The van der Waals surface area contributed by atoms with Gasteiger partial charge in [0.1, 0.15) is 5.60 Å². The van der Waals surface area contributed by atoms with Crippen molar-refractivity contribution in [3.8, 4) is 5.75 Å². The van der Waals surface area contributed by atoms with Gasteiger partial charge in [0.2, 0.25) is 0 Å². The second-order valence-electron chi connectivity index (χ2n) is 5.44. The first-order chi connectivity index (χ1) is 10.0. The number of alkyl carbamates (subject to hydrolysis) is 1. The van der Waals surface area contributed by atoms with Gasteiger partial charge in [0.05, 0.1) is 17.2 Å². The van der Waals surface area contributed by atoms with Crippen LogP contribution in [0.2, 0.25) is 10.0 Å². The number of rotatable bonds is 4. The third kappa shape index (κ3) is 4.96. The largest absolute Gasteiger partial charge is 0.494 e. The molecule has 1 aromatic rings. The molecule has 1 atom stereocenters. The number of hydrogen-bond acceptors (Lipinski definition) is 4. The predicted molar refractivity (Wildman–Crippen MR) is 82.8 cm³/mol. The highest BCUT2D eigenvalue weighted by Gasteiger charge is 2.27. The first-order valence-electron chi connectivity index (χ1n) is 6.30. The summed E-state index contributed by atoms with van der Waals surface area (Å²) >= 11 is 12.0. The summed E-state index contributed by atoms with van der Waals surface area (Å²) in [6, 6.07) is 1.38. The number of aliphatic carboxylic acids is 1. The summed E-state index contributed by atoms with van der Waals surface area (Å²) in [5.41, 5.74) is -0.545. The second-order valence-corrected chi connectivity index (χ2v) is 6.25. The van der Waals surface area contributed by atoms with Gasteiger partial charge in [-0.05, 0) is 38.5 Å². The molecule has 0 aliphatic carbocycles. The average molecular weight is 350 g/mol. The molecule has 0 aliphatic rings. The van der Waals surface area contributed by atoms with Gasteiger partial charge in [0, 0.05) is 0 Å². The highest BCUT2D eigenvalue weighted by atomic mass is 35.5. The zero-order valence-electron chi connectivity index (χ0n) is 12.6. The molecule has 0 fully saturated rings. The molecule has 1 amide bonds. The zero-order valence-corrected chi connectivity index (χ0v) is 14.1. The van der Waals surface area contributed by atoms with Crippen LogP contribution in [0.5, 0.6) is 5.75 Å². The number of carboxylic acid groups (broad SMARTS) is 1. The highest BCUT2D eigenvalue weighted by molar-refractivity contribution is 6.37. The number of hydrogen-bond donors (Lipinski definition) is 2. The minimum Gasteiger partial charge on any atom is -0.494 e. The fourth-order valence-electron chi connectivity index (χ4n) is 1.65. The van der Waals surface area contributed by atoms with E-state index in [-0.39, 0.29) is 21.4 Å². The smallest absolute Gasteiger partial charge is 0.408 e. The topological polar surface area (TPSA) is 84.9 Å². The average Bonchev–Trinajstić information content (AvgIpc) is 2.33. The number of ether oxygens (including phenoxy) is 2. The minimum absolute atomic E-state index is 0.141. The van der Waals surface area contributed by atoms with E-state index in [4.69, 9.17) is 32.7 Å². The molecule has 0 saturated heterocycles. The van der Waals surface area contributed by atoms with Crippen LogP contribution in [0.1, 0.15) is 32.4 Å². The molecular formula is C14H17Cl2NO5. The van der Waals surface area contributed by atoms with Crippen molar-refractivity contribution < 1.29 is 24.2 Å². The van der Waals surface area contributed by atoms with Crippen LogP contribution in [-0.4, -0.2) is 29.9 Å². The summed E-state index contributed by atoms with van der Waals surface area (Å²) in [5, 5.41) is 11.8. The molecule has 0 aromatic heterocycles. The Morgan fingerprint density at radius 1 is 1.23 bits per heavy atom. The zero-order chi connectivity index (χ0) is 17.1. The summed E-state index contributed by atoms with van der Waals surface area (Å²) in [5.74, 6) is -1.04. The van der Waals surface area contributed by atoms with Gasteiger partial charge in [0.25, 0.3) is 0 Å². The fraction of sp³-hybridized carbons (Fsp3) is 0.429. The summed E-state index contributed by atoms with van der Waals surface area (Å²) in [7, 11) is 1.39. The van der Waals surface area contributed by atoms with Gasteiger partial charge < -0.3 is 19.9 Å². The normalized spacial score (nSPS) is 12.5. The molecule has 0 bridgehead atoms. The van der Waals surface area contributed by atoms with Crippen molar-refractivity contribution in [2.75, 3.05) is 7.11 Å². The van der Waals surface area contributed by atoms with Crippen molar-refractivity contribution in [3.63, 3.8) is 0 Å². The number of amides is 1. The van der Waals surface area contributed by atoms with Crippen LogP contribution < -0.4 is 10.1 Å². The van der Waals surface area contributed by atoms with Gasteiger partial charge in [-0.15, -0.1) is 0 Å². The molecule has 1 rings (SSSR count). The van der Waals surface area contributed by atoms with Crippen LogP contribution in [0.4, 0.5) is 4.79 Å². The second kappa shape index (κ2) is 7.07. The summed E-state index contributed by atoms with van der Waals surface area (Å²) in [6.45, 7) is 5.01. The maximum Gasteiger partial charge on any atom is 0.408 e. The third-order valence-electron chi connectivity index (χ3n) is 2.47. The number of carboxylic acids is 1. The van der Waals surface area contributed by atoms with Crippen molar-refractivity contribution in [1.29, 1.82) is 0 Å². The lowest BCUT2D eigenvalue weighted by Crippen LogP contribution is -2.38. The Balaban J connectivity index is 3.07. The third-order valence-corrected chi connectivity index (χ3v) is 3.03. The Labute approximate surface area is 138 Å². The van der Waals surface area contributed by atoms with Crippen LogP contribution in [0, 0.1) is 0 Å². The van der Waals surface area contributed by atoms with Crippen LogP contribution in [0.15, 0.2) is 12.1 Å². The van der Waals surface area contributed by atoms with Gasteiger partial charge in [0.15, 0.2) is 11.8 Å². The maximum atomic E-state index is 11.8. The van der Waals surface area contributed by atoms with Gasteiger partial charge in [-0.3, -0.25) is 0 Å². The lowest BCUT2D eigenvalue weighted by molar-refractivity contribution is -0.139. The molecule has 0 heterocycles. The first kappa shape index (κ1) is 18.4. The Morgan fingerprint density at radius 2 is 1.73 bits per heavy atom. The number of nitrogens with one attached hydrogen (secondary N) is 1. The lowest BCUT2D eigenvalue weighted by Gasteiger charge is -2.22. The number of methoxy groups -OCH3 is 1. The summed E-state index contributed by atoms with van der Waals surface area (Å²) < 4.78 is 10.0. The van der Waals surface area contributed by atoms with Gasteiger partial charge >= 0.3 is 12.1 Å². The Kier molecular flexibility index (Phi) is 5.91. The molecular weight excluding hydrogens is 333 g/mol. The predicted octanol–water partition coefficient (Wildman–Crippen LogP) is 3.65. The number of benzene rings is 1. The molecule has 6 nitrogen and oxygen atoms in total. The van der Waals surface area contributed by atoms with Crippen molar-refractivity contribution in [2.45, 2.75) is 32.4 Å². The molecule has 0 radical (unpaired) electrons. The Hall–Kier alpha value is -1.66. The van der Waals surface area contributed by atoms with Crippen molar-refractivity contribution in [2.24, 2.45) is 0 Å². The van der Waals surface area contributed by atoms with Crippen LogP contribution in [0.3, 0.4) is 0 Å². The van der Waals surface area contributed by atoms with E-state index in [1.54, 1.807) is 20.8 Å². The van der Waals surface area contributed by atoms with E-state index in [0.717, 1.165) is 0 Å². The minimum atomic E-state index is -1.35. The van der Waals surface area contributed by atoms with Crippen molar-refractivity contribution in [3.05, 3.63) is 27.7 Å². The summed E-state index contributed by atoms with van der Waals surface area (Å²) in [6.07, 6.45) is -0.858. The monoisotopic (exact) mass is 349 g/mol. The van der Waals surface area contributed by atoms with E-state index in [2.05, 4.69) is 5.32 Å². The van der Waals surface area contributed by atoms with E-state index >= 15 is 0 Å². The first-order valence-corrected chi connectivity index (χ1v) is 7.06. The molecule has 0 spiro atoms. The lowest BCUT2D eigenvalue weighted by atomic mass is 10.1. The molecule has 0 saturated carbocycles.